The number of hydrogen-bond donors (Lipinski definition) is 1. The highest BCUT2D eigenvalue weighted by atomic mass is 35.5. The van der Waals surface area contributed by atoms with Crippen LogP contribution in [0, 0.1) is 5.41 Å². The fraction of sp³-hybridized carbons (Fsp3) is 0.769. The third-order valence-electron chi connectivity index (χ3n) is 2.94. The molecule has 0 aliphatic heterocycles. The van der Waals surface area contributed by atoms with Crippen molar-refractivity contribution in [1.82, 2.24) is 9.78 Å². The van der Waals surface area contributed by atoms with Gasteiger partial charge in [-0.2, -0.15) is 5.10 Å². The van der Waals surface area contributed by atoms with E-state index in [1.807, 2.05) is 4.68 Å². The van der Waals surface area contributed by atoms with Crippen LogP contribution in [0.5, 0.6) is 0 Å². The average molecular weight is 258 g/mol. The Morgan fingerprint density at radius 1 is 1.29 bits per heavy atom. The normalized spacial score (nSPS) is 12.4. The molecule has 0 aliphatic rings. The summed E-state index contributed by atoms with van der Waals surface area (Å²) in [4.78, 5) is 0. The average Bonchev–Trinajstić information content (AvgIpc) is 2.47. The Kier molecular flexibility index (Phi) is 4.48. The van der Waals surface area contributed by atoms with Crippen molar-refractivity contribution >= 4 is 17.4 Å². The molecule has 0 fully saturated rings. The first-order chi connectivity index (χ1) is 7.80. The molecule has 1 aromatic rings. The molecular weight excluding hydrogens is 234 g/mol. The fourth-order valence-corrected chi connectivity index (χ4v) is 2.20. The maximum atomic E-state index is 6.27. The number of nitrogens with zero attached hydrogens (tertiary/aromatic N) is 2. The minimum atomic E-state index is 0.170. The van der Waals surface area contributed by atoms with E-state index in [1.165, 1.54) is 0 Å². The Bertz CT molecular complexity index is 373. The van der Waals surface area contributed by atoms with E-state index in [9.17, 15) is 0 Å². The number of halogens is 1. The molecule has 2 N–H and O–H groups in total. The van der Waals surface area contributed by atoms with Crippen molar-refractivity contribution in [3.05, 3.63) is 10.7 Å². The molecule has 98 valence electrons. The van der Waals surface area contributed by atoms with Crippen molar-refractivity contribution in [2.24, 2.45) is 5.41 Å². The number of anilines is 1. The third kappa shape index (κ3) is 3.38. The summed E-state index contributed by atoms with van der Waals surface area (Å²) in [5.41, 5.74) is 7.13. The van der Waals surface area contributed by atoms with Crippen LogP contribution in [0.2, 0.25) is 5.02 Å². The molecule has 0 saturated carbocycles. The molecule has 4 heteroatoms. The van der Waals surface area contributed by atoms with E-state index in [-0.39, 0.29) is 5.41 Å². The Morgan fingerprint density at radius 3 is 2.24 bits per heavy atom. The zero-order chi connectivity index (χ0) is 13.2. The molecule has 0 atom stereocenters. The number of nitrogens with two attached hydrogens (primary N) is 1. The number of rotatable bonds is 4. The van der Waals surface area contributed by atoms with Gasteiger partial charge in [-0.25, -0.2) is 4.68 Å². The van der Waals surface area contributed by atoms with Crippen LogP contribution in [-0.4, -0.2) is 9.78 Å². The van der Waals surface area contributed by atoms with Crippen LogP contribution in [0.4, 0.5) is 5.82 Å². The summed E-state index contributed by atoms with van der Waals surface area (Å²) >= 11 is 6.27. The molecule has 17 heavy (non-hydrogen) atoms. The molecule has 0 aliphatic carbocycles. The minimum absolute atomic E-state index is 0.170. The second-order valence-corrected chi connectivity index (χ2v) is 6.18. The maximum absolute atomic E-state index is 6.27. The third-order valence-corrected chi connectivity index (χ3v) is 3.35. The molecule has 0 bridgehead atoms. The zero-order valence-electron chi connectivity index (χ0n) is 11.5. The van der Waals surface area contributed by atoms with Gasteiger partial charge in [0.25, 0.3) is 0 Å². The highest BCUT2D eigenvalue weighted by Gasteiger charge is 2.22. The van der Waals surface area contributed by atoms with Gasteiger partial charge in [-0.1, -0.05) is 46.2 Å². The van der Waals surface area contributed by atoms with Crippen LogP contribution in [-0.2, 0) is 6.42 Å². The SMILES string of the molecule is CCC(CC)n1nc(CC(C)(C)C)c(Cl)c1N. The first kappa shape index (κ1) is 14.4. The maximum Gasteiger partial charge on any atom is 0.141 e. The summed E-state index contributed by atoms with van der Waals surface area (Å²) in [6.45, 7) is 10.8. The van der Waals surface area contributed by atoms with E-state index in [4.69, 9.17) is 17.3 Å². The highest BCUT2D eigenvalue weighted by Crippen LogP contribution is 2.32. The standard InChI is InChI=1S/C13H24ClN3/c1-6-9(7-2)17-12(15)11(14)10(16-17)8-13(3,4)5/h9H,6-8,15H2,1-5H3. The van der Waals surface area contributed by atoms with Crippen LogP contribution in [0.25, 0.3) is 0 Å². The Balaban J connectivity index is 3.07. The lowest BCUT2D eigenvalue weighted by Gasteiger charge is -2.16. The predicted octanol–water partition coefficient (Wildman–Crippen LogP) is 4.07. The lowest BCUT2D eigenvalue weighted by atomic mass is 9.91. The van der Waals surface area contributed by atoms with Crippen LogP contribution in [0.15, 0.2) is 0 Å². The molecule has 0 unspecified atom stereocenters. The second kappa shape index (κ2) is 5.30. The van der Waals surface area contributed by atoms with Crippen LogP contribution in [0.3, 0.4) is 0 Å². The van der Waals surface area contributed by atoms with Crippen molar-refractivity contribution < 1.29 is 0 Å². The van der Waals surface area contributed by atoms with Crippen molar-refractivity contribution in [2.45, 2.75) is 59.9 Å². The van der Waals surface area contributed by atoms with Gasteiger partial charge in [0.05, 0.1) is 11.7 Å². The quantitative estimate of drug-likeness (QED) is 0.884. The summed E-state index contributed by atoms with van der Waals surface area (Å²) in [6.07, 6.45) is 2.89. The topological polar surface area (TPSA) is 43.8 Å². The van der Waals surface area contributed by atoms with Crippen LogP contribution < -0.4 is 5.73 Å². The van der Waals surface area contributed by atoms with Gasteiger partial charge in [0, 0.05) is 0 Å². The number of hydrogen-bond acceptors (Lipinski definition) is 2. The number of aromatic nitrogens is 2. The second-order valence-electron chi connectivity index (χ2n) is 5.80. The molecule has 0 saturated heterocycles. The Hall–Kier alpha value is -0.700. The van der Waals surface area contributed by atoms with Gasteiger partial charge in [0.1, 0.15) is 10.8 Å². The molecule has 3 nitrogen and oxygen atoms in total. The number of nitrogen functional groups attached to an aromatic ring is 1. The van der Waals surface area contributed by atoms with E-state index in [0.717, 1.165) is 25.0 Å². The van der Waals surface area contributed by atoms with Crippen molar-refractivity contribution in [3.8, 4) is 0 Å². The van der Waals surface area contributed by atoms with Gasteiger partial charge in [0.2, 0.25) is 0 Å². The summed E-state index contributed by atoms with van der Waals surface area (Å²) in [7, 11) is 0. The van der Waals surface area contributed by atoms with Gasteiger partial charge in [-0.15, -0.1) is 0 Å². The highest BCUT2D eigenvalue weighted by molar-refractivity contribution is 6.33. The van der Waals surface area contributed by atoms with E-state index >= 15 is 0 Å². The van der Waals surface area contributed by atoms with Gasteiger partial charge in [-0.3, -0.25) is 0 Å². The minimum Gasteiger partial charge on any atom is -0.383 e. The van der Waals surface area contributed by atoms with Gasteiger partial charge < -0.3 is 5.73 Å². The molecule has 0 spiro atoms. The van der Waals surface area contributed by atoms with Crippen molar-refractivity contribution in [3.63, 3.8) is 0 Å². The van der Waals surface area contributed by atoms with E-state index in [1.54, 1.807) is 0 Å². The lowest BCUT2D eigenvalue weighted by Crippen LogP contribution is -2.13. The first-order valence-electron chi connectivity index (χ1n) is 6.32. The van der Waals surface area contributed by atoms with E-state index < -0.39 is 0 Å². The first-order valence-corrected chi connectivity index (χ1v) is 6.70. The van der Waals surface area contributed by atoms with Gasteiger partial charge >= 0.3 is 0 Å². The van der Waals surface area contributed by atoms with Crippen LogP contribution in [0.1, 0.15) is 59.2 Å². The van der Waals surface area contributed by atoms with Crippen molar-refractivity contribution in [2.75, 3.05) is 5.73 Å². The molecule has 1 aromatic heterocycles. The molecule has 1 rings (SSSR count). The molecular formula is C13H24ClN3. The summed E-state index contributed by atoms with van der Waals surface area (Å²) in [5, 5.41) is 5.23. The van der Waals surface area contributed by atoms with Gasteiger partial charge in [0.15, 0.2) is 0 Å². The van der Waals surface area contributed by atoms with Crippen molar-refractivity contribution in [1.29, 1.82) is 0 Å². The largest absolute Gasteiger partial charge is 0.383 e. The summed E-state index contributed by atoms with van der Waals surface area (Å²) < 4.78 is 1.89. The summed E-state index contributed by atoms with van der Waals surface area (Å²) in [5.74, 6) is 0.611. The molecule has 1 heterocycles. The monoisotopic (exact) mass is 257 g/mol. The zero-order valence-corrected chi connectivity index (χ0v) is 12.3. The lowest BCUT2D eigenvalue weighted by molar-refractivity contribution is 0.391. The molecule has 0 aromatic carbocycles. The van der Waals surface area contributed by atoms with E-state index in [2.05, 4.69) is 39.7 Å². The van der Waals surface area contributed by atoms with E-state index in [0.29, 0.717) is 16.9 Å². The summed E-state index contributed by atoms with van der Waals surface area (Å²) in [6, 6.07) is 0.348. The smallest absolute Gasteiger partial charge is 0.141 e. The Labute approximate surface area is 109 Å². The Morgan fingerprint density at radius 2 is 1.82 bits per heavy atom. The van der Waals surface area contributed by atoms with Gasteiger partial charge in [-0.05, 0) is 24.7 Å². The molecule has 0 radical (unpaired) electrons. The fourth-order valence-electron chi connectivity index (χ4n) is 2.00. The molecule has 0 amide bonds. The van der Waals surface area contributed by atoms with Crippen LogP contribution >= 0.6 is 11.6 Å². The predicted molar refractivity (Wildman–Crippen MR) is 74.4 cm³/mol.